The third kappa shape index (κ3) is 2.92. The lowest BCUT2D eigenvalue weighted by atomic mass is 10.1. The average Bonchev–Trinajstić information content (AvgIpc) is 2.19. The zero-order valence-corrected chi connectivity index (χ0v) is 9.00. The SMILES string of the molecule is COc1ccc(NC(C)(C)CN)cc1. The molecule has 0 aliphatic carbocycles. The van der Waals surface area contributed by atoms with Crippen LogP contribution in [-0.2, 0) is 0 Å². The summed E-state index contributed by atoms with van der Waals surface area (Å²) in [7, 11) is 1.66. The zero-order valence-electron chi connectivity index (χ0n) is 9.00. The monoisotopic (exact) mass is 194 g/mol. The van der Waals surface area contributed by atoms with Crippen molar-refractivity contribution in [1.29, 1.82) is 0 Å². The smallest absolute Gasteiger partial charge is 0.119 e. The van der Waals surface area contributed by atoms with Gasteiger partial charge in [-0.05, 0) is 38.1 Å². The summed E-state index contributed by atoms with van der Waals surface area (Å²) in [5, 5.41) is 3.34. The van der Waals surface area contributed by atoms with E-state index in [1.165, 1.54) is 0 Å². The molecule has 78 valence electrons. The molecule has 0 aromatic heterocycles. The maximum absolute atomic E-state index is 5.62. The third-order valence-corrected chi connectivity index (χ3v) is 2.08. The minimum atomic E-state index is -0.0748. The first-order valence-corrected chi connectivity index (χ1v) is 4.70. The lowest BCUT2D eigenvalue weighted by Crippen LogP contribution is -2.39. The second-order valence-electron chi connectivity index (χ2n) is 3.94. The molecule has 0 unspecified atom stereocenters. The van der Waals surface area contributed by atoms with Gasteiger partial charge < -0.3 is 15.8 Å². The van der Waals surface area contributed by atoms with Gasteiger partial charge in [-0.3, -0.25) is 0 Å². The van der Waals surface area contributed by atoms with Crippen molar-refractivity contribution in [2.75, 3.05) is 19.0 Å². The molecule has 3 N–H and O–H groups in total. The molecule has 0 amide bonds. The van der Waals surface area contributed by atoms with Crippen LogP contribution in [0.2, 0.25) is 0 Å². The molecule has 1 aromatic rings. The molecule has 0 radical (unpaired) electrons. The van der Waals surface area contributed by atoms with Gasteiger partial charge in [-0.1, -0.05) is 0 Å². The summed E-state index contributed by atoms with van der Waals surface area (Å²) in [6.07, 6.45) is 0. The van der Waals surface area contributed by atoms with Crippen LogP contribution in [0.5, 0.6) is 5.75 Å². The summed E-state index contributed by atoms with van der Waals surface area (Å²) < 4.78 is 5.07. The highest BCUT2D eigenvalue weighted by atomic mass is 16.5. The lowest BCUT2D eigenvalue weighted by molar-refractivity contribution is 0.415. The van der Waals surface area contributed by atoms with E-state index in [9.17, 15) is 0 Å². The molecule has 3 heteroatoms. The molecule has 0 spiro atoms. The van der Waals surface area contributed by atoms with Gasteiger partial charge in [-0.2, -0.15) is 0 Å². The summed E-state index contributed by atoms with van der Waals surface area (Å²) in [6, 6.07) is 7.82. The molecular formula is C11H18N2O. The van der Waals surface area contributed by atoms with Gasteiger partial charge in [0.1, 0.15) is 5.75 Å². The minimum absolute atomic E-state index is 0.0748. The van der Waals surface area contributed by atoms with Crippen LogP contribution >= 0.6 is 0 Å². The summed E-state index contributed by atoms with van der Waals surface area (Å²) in [6.45, 7) is 4.73. The molecular weight excluding hydrogens is 176 g/mol. The molecule has 1 rings (SSSR count). The molecule has 0 heterocycles. The predicted octanol–water partition coefficient (Wildman–Crippen LogP) is 1.84. The number of hydrogen-bond acceptors (Lipinski definition) is 3. The average molecular weight is 194 g/mol. The molecule has 0 bridgehead atoms. The predicted molar refractivity (Wildman–Crippen MR) is 59.8 cm³/mol. The van der Waals surface area contributed by atoms with Crippen LogP contribution in [0.1, 0.15) is 13.8 Å². The van der Waals surface area contributed by atoms with Crippen LogP contribution in [0, 0.1) is 0 Å². The fourth-order valence-corrected chi connectivity index (χ4v) is 1.12. The number of nitrogens with one attached hydrogen (secondary N) is 1. The van der Waals surface area contributed by atoms with Crippen molar-refractivity contribution < 1.29 is 4.74 Å². The van der Waals surface area contributed by atoms with E-state index in [-0.39, 0.29) is 5.54 Å². The molecule has 14 heavy (non-hydrogen) atoms. The van der Waals surface area contributed by atoms with Gasteiger partial charge in [-0.15, -0.1) is 0 Å². The quantitative estimate of drug-likeness (QED) is 0.769. The van der Waals surface area contributed by atoms with E-state index in [0.717, 1.165) is 11.4 Å². The van der Waals surface area contributed by atoms with Gasteiger partial charge in [-0.25, -0.2) is 0 Å². The third-order valence-electron chi connectivity index (χ3n) is 2.08. The molecule has 3 nitrogen and oxygen atoms in total. The fraction of sp³-hybridized carbons (Fsp3) is 0.455. The highest BCUT2D eigenvalue weighted by Crippen LogP contribution is 2.18. The van der Waals surface area contributed by atoms with E-state index in [1.54, 1.807) is 7.11 Å². The van der Waals surface area contributed by atoms with Crippen LogP contribution in [0.4, 0.5) is 5.69 Å². The minimum Gasteiger partial charge on any atom is -0.497 e. The first-order chi connectivity index (χ1) is 6.57. The Morgan fingerprint density at radius 2 is 1.86 bits per heavy atom. The largest absolute Gasteiger partial charge is 0.497 e. The van der Waals surface area contributed by atoms with Gasteiger partial charge in [0.15, 0.2) is 0 Å². The Kier molecular flexibility index (Phi) is 3.36. The molecule has 0 aliphatic rings. The van der Waals surface area contributed by atoms with E-state index in [4.69, 9.17) is 10.5 Å². The molecule has 0 atom stereocenters. The molecule has 0 saturated heterocycles. The summed E-state index contributed by atoms with van der Waals surface area (Å²) in [5.41, 5.74) is 6.60. The van der Waals surface area contributed by atoms with Crippen LogP contribution in [-0.4, -0.2) is 19.2 Å². The Balaban J connectivity index is 2.69. The molecule has 0 fully saturated rings. The number of methoxy groups -OCH3 is 1. The Bertz CT molecular complexity index is 280. The number of hydrogen-bond donors (Lipinski definition) is 2. The van der Waals surface area contributed by atoms with Gasteiger partial charge in [0.25, 0.3) is 0 Å². The summed E-state index contributed by atoms with van der Waals surface area (Å²) in [4.78, 5) is 0. The highest BCUT2D eigenvalue weighted by molar-refractivity contribution is 5.48. The van der Waals surface area contributed by atoms with Crippen molar-refractivity contribution in [3.63, 3.8) is 0 Å². The zero-order chi connectivity index (χ0) is 10.6. The van der Waals surface area contributed by atoms with E-state index in [0.29, 0.717) is 6.54 Å². The van der Waals surface area contributed by atoms with Crippen molar-refractivity contribution in [1.82, 2.24) is 0 Å². The molecule has 0 aliphatic heterocycles. The topological polar surface area (TPSA) is 47.3 Å². The van der Waals surface area contributed by atoms with E-state index in [2.05, 4.69) is 19.2 Å². The van der Waals surface area contributed by atoms with Gasteiger partial charge in [0, 0.05) is 17.8 Å². The van der Waals surface area contributed by atoms with Crippen LogP contribution in [0.3, 0.4) is 0 Å². The molecule has 0 saturated carbocycles. The number of nitrogens with two attached hydrogens (primary N) is 1. The Morgan fingerprint density at radius 3 is 2.29 bits per heavy atom. The fourth-order valence-electron chi connectivity index (χ4n) is 1.12. The second-order valence-corrected chi connectivity index (χ2v) is 3.94. The standard InChI is InChI=1S/C11H18N2O/c1-11(2,8-12)13-9-4-6-10(14-3)7-5-9/h4-7,13H,8,12H2,1-3H3. The van der Waals surface area contributed by atoms with E-state index < -0.39 is 0 Å². The van der Waals surface area contributed by atoms with Crippen LogP contribution < -0.4 is 15.8 Å². The van der Waals surface area contributed by atoms with Crippen molar-refractivity contribution in [2.24, 2.45) is 5.73 Å². The van der Waals surface area contributed by atoms with Crippen molar-refractivity contribution in [2.45, 2.75) is 19.4 Å². The highest BCUT2D eigenvalue weighted by Gasteiger charge is 2.14. The van der Waals surface area contributed by atoms with Crippen molar-refractivity contribution in [3.05, 3.63) is 24.3 Å². The van der Waals surface area contributed by atoms with Gasteiger partial charge in [0.2, 0.25) is 0 Å². The maximum atomic E-state index is 5.62. The summed E-state index contributed by atoms with van der Waals surface area (Å²) in [5.74, 6) is 0.862. The number of anilines is 1. The Morgan fingerprint density at radius 1 is 1.29 bits per heavy atom. The lowest BCUT2D eigenvalue weighted by Gasteiger charge is -2.25. The Labute approximate surface area is 85.3 Å². The van der Waals surface area contributed by atoms with E-state index in [1.807, 2.05) is 24.3 Å². The van der Waals surface area contributed by atoms with E-state index >= 15 is 0 Å². The van der Waals surface area contributed by atoms with Gasteiger partial charge in [0.05, 0.1) is 7.11 Å². The normalized spacial score (nSPS) is 11.1. The van der Waals surface area contributed by atoms with Crippen LogP contribution in [0.25, 0.3) is 0 Å². The second kappa shape index (κ2) is 4.33. The number of ether oxygens (including phenoxy) is 1. The number of rotatable bonds is 4. The van der Waals surface area contributed by atoms with Gasteiger partial charge >= 0.3 is 0 Å². The molecule has 1 aromatic carbocycles. The summed E-state index contributed by atoms with van der Waals surface area (Å²) >= 11 is 0. The first-order valence-electron chi connectivity index (χ1n) is 4.70. The van der Waals surface area contributed by atoms with Crippen molar-refractivity contribution in [3.8, 4) is 5.75 Å². The first kappa shape index (κ1) is 10.9. The number of benzene rings is 1. The van der Waals surface area contributed by atoms with Crippen molar-refractivity contribution >= 4 is 5.69 Å². The van der Waals surface area contributed by atoms with Crippen LogP contribution in [0.15, 0.2) is 24.3 Å². The Hall–Kier alpha value is -1.22. The maximum Gasteiger partial charge on any atom is 0.119 e.